The SMILES string of the molecule is O=C(NCC1C2Cc3ccccc3C12)C1(O)CCSCC1. The summed E-state index contributed by atoms with van der Waals surface area (Å²) < 4.78 is 0. The van der Waals surface area contributed by atoms with Gasteiger partial charge in [-0.3, -0.25) is 4.79 Å². The zero-order valence-electron chi connectivity index (χ0n) is 12.0. The standard InChI is InChI=1S/C17H21NO2S/c19-16(17(20)5-7-21-8-6-17)18-10-14-13-9-11-3-1-2-4-12(11)15(13)14/h1-4,13-15,20H,5-10H2,(H,18,19). The van der Waals surface area contributed by atoms with Gasteiger partial charge in [-0.1, -0.05) is 24.3 Å². The summed E-state index contributed by atoms with van der Waals surface area (Å²) in [5.41, 5.74) is 1.85. The zero-order valence-corrected chi connectivity index (χ0v) is 12.9. The van der Waals surface area contributed by atoms with Gasteiger partial charge in [-0.2, -0.15) is 11.8 Å². The molecule has 0 spiro atoms. The minimum Gasteiger partial charge on any atom is -0.380 e. The number of carbonyl (C=O) groups is 1. The highest BCUT2D eigenvalue weighted by atomic mass is 32.2. The van der Waals surface area contributed by atoms with Gasteiger partial charge in [0.15, 0.2) is 0 Å². The van der Waals surface area contributed by atoms with Crippen LogP contribution in [0.2, 0.25) is 0 Å². The molecule has 1 amide bonds. The van der Waals surface area contributed by atoms with E-state index in [9.17, 15) is 9.90 Å². The molecule has 3 atom stereocenters. The lowest BCUT2D eigenvalue weighted by Crippen LogP contribution is -2.49. The summed E-state index contributed by atoms with van der Waals surface area (Å²) in [7, 11) is 0. The van der Waals surface area contributed by atoms with Crippen molar-refractivity contribution in [1.82, 2.24) is 5.32 Å². The van der Waals surface area contributed by atoms with Crippen molar-refractivity contribution >= 4 is 17.7 Å². The van der Waals surface area contributed by atoms with Gasteiger partial charge in [0.05, 0.1) is 0 Å². The van der Waals surface area contributed by atoms with Gasteiger partial charge in [0.25, 0.3) is 5.91 Å². The molecule has 1 aromatic carbocycles. The predicted octanol–water partition coefficient (Wildman–Crippen LogP) is 1.95. The van der Waals surface area contributed by atoms with Gasteiger partial charge in [0.1, 0.15) is 5.60 Å². The lowest BCUT2D eigenvalue weighted by molar-refractivity contribution is -0.140. The Hall–Kier alpha value is -1.00. The molecule has 3 unspecified atom stereocenters. The third kappa shape index (κ3) is 2.29. The summed E-state index contributed by atoms with van der Waals surface area (Å²) in [6.45, 7) is 0.720. The fraction of sp³-hybridized carbons (Fsp3) is 0.588. The molecule has 0 bridgehead atoms. The van der Waals surface area contributed by atoms with Crippen molar-refractivity contribution in [2.45, 2.75) is 30.8 Å². The molecule has 21 heavy (non-hydrogen) atoms. The second kappa shape index (κ2) is 5.03. The van der Waals surface area contributed by atoms with Crippen molar-refractivity contribution in [2.24, 2.45) is 11.8 Å². The normalized spacial score (nSPS) is 32.1. The fourth-order valence-corrected chi connectivity index (χ4v) is 5.24. The Balaban J connectivity index is 1.35. The maximum Gasteiger partial charge on any atom is 0.252 e. The van der Waals surface area contributed by atoms with Crippen LogP contribution in [0, 0.1) is 11.8 Å². The van der Waals surface area contributed by atoms with Crippen molar-refractivity contribution in [3.05, 3.63) is 35.4 Å². The van der Waals surface area contributed by atoms with Crippen LogP contribution in [0.15, 0.2) is 24.3 Å². The molecule has 1 aromatic rings. The molecule has 3 aliphatic rings. The van der Waals surface area contributed by atoms with E-state index in [1.807, 2.05) is 11.8 Å². The minimum atomic E-state index is -1.12. The molecule has 0 aromatic heterocycles. The molecule has 4 heteroatoms. The zero-order chi connectivity index (χ0) is 14.4. The molecule has 3 nitrogen and oxygen atoms in total. The Labute approximate surface area is 129 Å². The number of aliphatic hydroxyl groups is 1. The highest BCUT2D eigenvalue weighted by Gasteiger charge is 2.55. The van der Waals surface area contributed by atoms with Crippen LogP contribution in [-0.2, 0) is 11.2 Å². The third-order valence-electron chi connectivity index (χ3n) is 5.44. The monoisotopic (exact) mass is 303 g/mol. The van der Waals surface area contributed by atoms with Crippen molar-refractivity contribution in [2.75, 3.05) is 18.1 Å². The van der Waals surface area contributed by atoms with E-state index < -0.39 is 5.60 Å². The third-order valence-corrected chi connectivity index (χ3v) is 6.43. The van der Waals surface area contributed by atoms with Crippen LogP contribution in [0.25, 0.3) is 0 Å². The first-order valence-corrected chi connectivity index (χ1v) is 9.01. The van der Waals surface area contributed by atoms with Crippen LogP contribution in [0.5, 0.6) is 0 Å². The number of rotatable bonds is 3. The number of fused-ring (bicyclic) bond motifs is 3. The topological polar surface area (TPSA) is 49.3 Å². The number of carbonyl (C=O) groups excluding carboxylic acids is 1. The van der Waals surface area contributed by atoms with E-state index in [1.54, 1.807) is 0 Å². The largest absolute Gasteiger partial charge is 0.380 e. The van der Waals surface area contributed by atoms with Crippen LogP contribution in [0.1, 0.15) is 29.9 Å². The Morgan fingerprint density at radius 3 is 2.90 bits per heavy atom. The average molecular weight is 303 g/mol. The van der Waals surface area contributed by atoms with E-state index in [4.69, 9.17) is 0 Å². The number of hydrogen-bond acceptors (Lipinski definition) is 3. The maximum atomic E-state index is 12.2. The summed E-state index contributed by atoms with van der Waals surface area (Å²) in [5.74, 6) is 3.53. The number of amides is 1. The number of nitrogens with one attached hydrogen (secondary N) is 1. The van der Waals surface area contributed by atoms with Crippen molar-refractivity contribution in [1.29, 1.82) is 0 Å². The highest BCUT2D eigenvalue weighted by Crippen LogP contribution is 2.60. The first-order chi connectivity index (χ1) is 10.2. The summed E-state index contributed by atoms with van der Waals surface area (Å²) in [4.78, 5) is 12.2. The molecule has 112 valence electrons. The van der Waals surface area contributed by atoms with E-state index in [0.717, 1.165) is 24.5 Å². The van der Waals surface area contributed by atoms with Crippen LogP contribution < -0.4 is 5.32 Å². The summed E-state index contributed by atoms with van der Waals surface area (Å²) in [6.07, 6.45) is 2.33. The Kier molecular flexibility index (Phi) is 3.27. The van der Waals surface area contributed by atoms with E-state index >= 15 is 0 Å². The van der Waals surface area contributed by atoms with Crippen LogP contribution in [0.4, 0.5) is 0 Å². The van der Waals surface area contributed by atoms with Crippen LogP contribution in [0.3, 0.4) is 0 Å². The van der Waals surface area contributed by atoms with E-state index in [0.29, 0.717) is 30.6 Å². The second-order valence-electron chi connectivity index (χ2n) is 6.61. The van der Waals surface area contributed by atoms with Gasteiger partial charge >= 0.3 is 0 Å². The summed E-state index contributed by atoms with van der Waals surface area (Å²) in [6, 6.07) is 8.67. The van der Waals surface area contributed by atoms with Gasteiger partial charge in [-0.05, 0) is 59.6 Å². The van der Waals surface area contributed by atoms with Crippen molar-refractivity contribution in [3.63, 3.8) is 0 Å². The second-order valence-corrected chi connectivity index (χ2v) is 7.84. The van der Waals surface area contributed by atoms with Gasteiger partial charge in [0.2, 0.25) is 0 Å². The molecule has 4 rings (SSSR count). The summed E-state index contributed by atoms with van der Waals surface area (Å²) in [5, 5.41) is 13.4. The highest BCUT2D eigenvalue weighted by molar-refractivity contribution is 7.99. The lowest BCUT2D eigenvalue weighted by atomic mass is 9.95. The molecule has 2 aliphatic carbocycles. The molecule has 1 saturated carbocycles. The lowest BCUT2D eigenvalue weighted by Gasteiger charge is -2.30. The predicted molar refractivity (Wildman–Crippen MR) is 84.4 cm³/mol. The van der Waals surface area contributed by atoms with Gasteiger partial charge < -0.3 is 10.4 Å². The molecule has 1 saturated heterocycles. The molecule has 0 radical (unpaired) electrons. The van der Waals surface area contributed by atoms with E-state index in [2.05, 4.69) is 29.6 Å². The Morgan fingerprint density at radius 1 is 1.33 bits per heavy atom. The number of hydrogen-bond donors (Lipinski definition) is 2. The number of thioether (sulfide) groups is 1. The number of benzene rings is 1. The molecular weight excluding hydrogens is 282 g/mol. The van der Waals surface area contributed by atoms with Crippen molar-refractivity contribution < 1.29 is 9.90 Å². The molecule has 1 heterocycles. The van der Waals surface area contributed by atoms with E-state index in [-0.39, 0.29) is 5.91 Å². The quantitative estimate of drug-likeness (QED) is 0.897. The van der Waals surface area contributed by atoms with E-state index in [1.165, 1.54) is 11.1 Å². The molecular formula is C17H21NO2S. The first-order valence-electron chi connectivity index (χ1n) is 7.85. The smallest absolute Gasteiger partial charge is 0.252 e. The van der Waals surface area contributed by atoms with Crippen molar-refractivity contribution in [3.8, 4) is 0 Å². The minimum absolute atomic E-state index is 0.152. The van der Waals surface area contributed by atoms with Gasteiger partial charge in [-0.25, -0.2) is 0 Å². The Morgan fingerprint density at radius 2 is 2.10 bits per heavy atom. The Bertz CT molecular complexity index is 568. The molecule has 2 N–H and O–H groups in total. The maximum absolute atomic E-state index is 12.2. The fourth-order valence-electron chi connectivity index (χ4n) is 4.07. The van der Waals surface area contributed by atoms with Crippen LogP contribution >= 0.6 is 11.8 Å². The molecule has 2 fully saturated rings. The average Bonchev–Trinajstić information content (AvgIpc) is 3.04. The first kappa shape index (κ1) is 13.6. The summed E-state index contributed by atoms with van der Waals surface area (Å²) >= 11 is 1.82. The van der Waals surface area contributed by atoms with Gasteiger partial charge in [-0.15, -0.1) is 0 Å². The van der Waals surface area contributed by atoms with Crippen LogP contribution in [-0.4, -0.2) is 34.7 Å². The molecule has 1 aliphatic heterocycles. The van der Waals surface area contributed by atoms with Gasteiger partial charge in [0, 0.05) is 6.54 Å².